The lowest BCUT2D eigenvalue weighted by atomic mass is 10.1. The summed E-state index contributed by atoms with van der Waals surface area (Å²) in [6.07, 6.45) is 0. The highest BCUT2D eigenvalue weighted by atomic mass is 16.5. The van der Waals surface area contributed by atoms with E-state index in [4.69, 9.17) is 4.74 Å². The monoisotopic (exact) mass is 378 g/mol. The average Bonchev–Trinajstić information content (AvgIpc) is 3.07. The fourth-order valence-corrected chi connectivity index (χ4v) is 3.73. The number of aryl methyl sites for hydroxylation is 1. The molecular weight excluding hydrogens is 352 g/mol. The maximum Gasteiger partial charge on any atom is 0.251 e. The lowest BCUT2D eigenvalue weighted by Crippen LogP contribution is -2.47. The Morgan fingerprint density at radius 3 is 2.68 bits per heavy atom. The summed E-state index contributed by atoms with van der Waals surface area (Å²) < 4.78 is 7.50. The van der Waals surface area contributed by atoms with Crippen molar-refractivity contribution in [1.82, 2.24) is 19.8 Å². The number of nitrogens with one attached hydrogen (secondary N) is 1. The van der Waals surface area contributed by atoms with Gasteiger partial charge in [0.1, 0.15) is 5.82 Å². The van der Waals surface area contributed by atoms with E-state index in [1.165, 1.54) is 0 Å². The maximum atomic E-state index is 12.6. The molecule has 6 nitrogen and oxygen atoms in total. The largest absolute Gasteiger partial charge is 0.379 e. The summed E-state index contributed by atoms with van der Waals surface area (Å²) in [6, 6.07) is 16.1. The molecule has 3 aromatic rings. The third-order valence-corrected chi connectivity index (χ3v) is 5.33. The van der Waals surface area contributed by atoms with E-state index in [1.54, 1.807) is 0 Å². The van der Waals surface area contributed by atoms with Crippen LogP contribution in [0.3, 0.4) is 0 Å². The van der Waals surface area contributed by atoms with Crippen LogP contribution in [0.15, 0.2) is 48.5 Å². The summed E-state index contributed by atoms with van der Waals surface area (Å²) in [5, 5.41) is 3.06. The number of imidazole rings is 1. The van der Waals surface area contributed by atoms with Crippen LogP contribution >= 0.6 is 0 Å². The average molecular weight is 378 g/mol. The van der Waals surface area contributed by atoms with E-state index in [0.717, 1.165) is 48.8 Å². The number of morpholine rings is 1. The zero-order chi connectivity index (χ0) is 19.5. The van der Waals surface area contributed by atoms with E-state index < -0.39 is 0 Å². The van der Waals surface area contributed by atoms with E-state index in [1.807, 2.05) is 43.3 Å². The van der Waals surface area contributed by atoms with Gasteiger partial charge >= 0.3 is 0 Å². The molecule has 1 fully saturated rings. The molecule has 2 aromatic carbocycles. The van der Waals surface area contributed by atoms with Crippen LogP contribution in [0.2, 0.25) is 0 Å². The van der Waals surface area contributed by atoms with E-state index in [9.17, 15) is 4.79 Å². The molecule has 1 saturated heterocycles. The van der Waals surface area contributed by atoms with Crippen molar-refractivity contribution < 1.29 is 9.53 Å². The van der Waals surface area contributed by atoms with Gasteiger partial charge in [0, 0.05) is 36.9 Å². The first-order valence-electron chi connectivity index (χ1n) is 9.78. The smallest absolute Gasteiger partial charge is 0.251 e. The van der Waals surface area contributed by atoms with Crippen molar-refractivity contribution in [3.8, 4) is 5.69 Å². The van der Waals surface area contributed by atoms with Crippen molar-refractivity contribution in [1.29, 1.82) is 0 Å². The Bertz CT molecular complexity index is 961. The van der Waals surface area contributed by atoms with Gasteiger partial charge in [0.25, 0.3) is 5.91 Å². The maximum absolute atomic E-state index is 12.6. The Morgan fingerprint density at radius 1 is 1.18 bits per heavy atom. The van der Waals surface area contributed by atoms with Gasteiger partial charge in [-0.3, -0.25) is 14.3 Å². The second-order valence-electron chi connectivity index (χ2n) is 7.24. The topological polar surface area (TPSA) is 59.4 Å². The number of rotatable bonds is 5. The number of para-hydroxylation sites is 1. The van der Waals surface area contributed by atoms with Crippen molar-refractivity contribution in [3.05, 3.63) is 59.9 Å². The number of carbonyl (C=O) groups is 1. The Labute approximate surface area is 165 Å². The van der Waals surface area contributed by atoms with Crippen LogP contribution in [0.5, 0.6) is 0 Å². The number of hydrogen-bond acceptors (Lipinski definition) is 4. The second kappa shape index (κ2) is 8.12. The van der Waals surface area contributed by atoms with Crippen molar-refractivity contribution in [3.63, 3.8) is 0 Å². The number of nitrogens with zero attached hydrogens (tertiary/aromatic N) is 3. The van der Waals surface area contributed by atoms with Crippen LogP contribution in [-0.2, 0) is 4.74 Å². The number of benzene rings is 2. The van der Waals surface area contributed by atoms with Gasteiger partial charge in [-0.05, 0) is 44.2 Å². The minimum Gasteiger partial charge on any atom is -0.379 e. The van der Waals surface area contributed by atoms with Crippen LogP contribution in [-0.4, -0.2) is 59.2 Å². The highest BCUT2D eigenvalue weighted by Gasteiger charge is 2.18. The summed E-state index contributed by atoms with van der Waals surface area (Å²) in [4.78, 5) is 19.7. The molecule has 0 radical (unpaired) electrons. The molecule has 1 aliphatic rings. The third-order valence-electron chi connectivity index (χ3n) is 5.33. The molecule has 0 bridgehead atoms. The molecule has 1 atom stereocenters. The summed E-state index contributed by atoms with van der Waals surface area (Å²) in [5.41, 5.74) is 3.54. The van der Waals surface area contributed by atoms with Crippen molar-refractivity contribution >= 4 is 16.9 Å². The standard InChI is InChI=1S/C22H26N4O2/c1-16(25-10-12-28-13-11-25)15-23-22(27)18-8-9-21-20(14-18)24-17(2)26(21)19-6-4-3-5-7-19/h3-9,14,16H,10-13,15H2,1-2H3,(H,23,27). The molecule has 146 valence electrons. The Hall–Kier alpha value is -2.70. The summed E-state index contributed by atoms with van der Waals surface area (Å²) in [6.45, 7) is 8.10. The van der Waals surface area contributed by atoms with E-state index in [-0.39, 0.29) is 11.9 Å². The first-order valence-corrected chi connectivity index (χ1v) is 9.78. The number of carbonyl (C=O) groups excluding carboxylic acids is 1. The van der Waals surface area contributed by atoms with Crippen molar-refractivity contribution in [2.24, 2.45) is 0 Å². The lowest BCUT2D eigenvalue weighted by Gasteiger charge is -2.32. The molecule has 1 aliphatic heterocycles. The van der Waals surface area contributed by atoms with Gasteiger partial charge in [-0.15, -0.1) is 0 Å². The zero-order valence-electron chi connectivity index (χ0n) is 16.4. The van der Waals surface area contributed by atoms with Gasteiger partial charge in [0.15, 0.2) is 0 Å². The van der Waals surface area contributed by atoms with Gasteiger partial charge in [0.05, 0.1) is 24.2 Å². The number of amides is 1. The first kappa shape index (κ1) is 18.7. The van der Waals surface area contributed by atoms with Gasteiger partial charge in [0.2, 0.25) is 0 Å². The summed E-state index contributed by atoms with van der Waals surface area (Å²) in [7, 11) is 0. The van der Waals surface area contributed by atoms with E-state index in [0.29, 0.717) is 12.1 Å². The zero-order valence-corrected chi connectivity index (χ0v) is 16.4. The highest BCUT2D eigenvalue weighted by molar-refractivity contribution is 5.97. The molecule has 4 rings (SSSR count). The van der Waals surface area contributed by atoms with Gasteiger partial charge in [-0.2, -0.15) is 0 Å². The predicted molar refractivity (Wildman–Crippen MR) is 110 cm³/mol. The quantitative estimate of drug-likeness (QED) is 0.742. The molecule has 1 N–H and O–H groups in total. The van der Waals surface area contributed by atoms with Crippen LogP contribution in [0.4, 0.5) is 0 Å². The molecule has 1 amide bonds. The van der Waals surface area contributed by atoms with Crippen LogP contribution in [0.25, 0.3) is 16.7 Å². The SMILES string of the molecule is Cc1nc2cc(C(=O)NCC(C)N3CCOCC3)ccc2n1-c1ccccc1. The molecular formula is C22H26N4O2. The van der Waals surface area contributed by atoms with Gasteiger partial charge < -0.3 is 10.1 Å². The Balaban J connectivity index is 1.49. The fraction of sp³-hybridized carbons (Fsp3) is 0.364. The molecule has 2 heterocycles. The molecule has 1 unspecified atom stereocenters. The van der Waals surface area contributed by atoms with Gasteiger partial charge in [-0.25, -0.2) is 4.98 Å². The molecule has 0 spiro atoms. The minimum atomic E-state index is -0.0612. The van der Waals surface area contributed by atoms with Crippen LogP contribution < -0.4 is 5.32 Å². The van der Waals surface area contributed by atoms with Crippen molar-refractivity contribution in [2.45, 2.75) is 19.9 Å². The Morgan fingerprint density at radius 2 is 1.93 bits per heavy atom. The molecule has 0 saturated carbocycles. The number of aromatic nitrogens is 2. The minimum absolute atomic E-state index is 0.0612. The fourth-order valence-electron chi connectivity index (χ4n) is 3.73. The molecule has 6 heteroatoms. The predicted octanol–water partition coefficient (Wildman–Crippen LogP) is 2.78. The van der Waals surface area contributed by atoms with Gasteiger partial charge in [-0.1, -0.05) is 18.2 Å². The summed E-state index contributed by atoms with van der Waals surface area (Å²) >= 11 is 0. The van der Waals surface area contributed by atoms with Crippen LogP contribution in [0, 0.1) is 6.92 Å². The number of hydrogen-bond donors (Lipinski definition) is 1. The molecule has 0 aliphatic carbocycles. The lowest BCUT2D eigenvalue weighted by molar-refractivity contribution is 0.0204. The molecule has 28 heavy (non-hydrogen) atoms. The summed E-state index contributed by atoms with van der Waals surface area (Å²) in [5.74, 6) is 0.841. The normalized spacial score (nSPS) is 16.2. The van der Waals surface area contributed by atoms with E-state index in [2.05, 4.69) is 38.8 Å². The number of fused-ring (bicyclic) bond motifs is 1. The van der Waals surface area contributed by atoms with E-state index >= 15 is 0 Å². The number of ether oxygens (including phenoxy) is 1. The third kappa shape index (κ3) is 3.79. The first-order chi connectivity index (χ1) is 13.6. The second-order valence-corrected chi connectivity index (χ2v) is 7.24. The highest BCUT2D eigenvalue weighted by Crippen LogP contribution is 2.22. The Kier molecular flexibility index (Phi) is 5.41. The van der Waals surface area contributed by atoms with Crippen molar-refractivity contribution in [2.75, 3.05) is 32.8 Å². The molecule has 1 aromatic heterocycles. The van der Waals surface area contributed by atoms with Crippen LogP contribution in [0.1, 0.15) is 23.1 Å².